The van der Waals surface area contributed by atoms with Crippen LogP contribution in [0, 0.1) is 0 Å². The van der Waals surface area contributed by atoms with Crippen LogP contribution in [0.15, 0.2) is 17.2 Å². The highest BCUT2D eigenvalue weighted by Crippen LogP contribution is 2.32. The first-order valence-electron chi connectivity index (χ1n) is 7.06. The maximum Gasteiger partial charge on any atom is 0.253 e. The van der Waals surface area contributed by atoms with Crippen LogP contribution in [0.5, 0.6) is 0 Å². The summed E-state index contributed by atoms with van der Waals surface area (Å²) in [5.74, 6) is 0. The molecule has 0 saturated heterocycles. The van der Waals surface area contributed by atoms with Crippen LogP contribution in [-0.2, 0) is 12.5 Å². The quantitative estimate of drug-likeness (QED) is 0.743. The number of hydrogen-bond donors (Lipinski definition) is 0. The van der Waals surface area contributed by atoms with Gasteiger partial charge in [0.25, 0.3) is 5.56 Å². The minimum atomic E-state index is 0.0409. The van der Waals surface area contributed by atoms with E-state index in [9.17, 15) is 4.79 Å². The molecule has 0 N–H and O–H groups in total. The molecule has 1 heterocycles. The van der Waals surface area contributed by atoms with Crippen LogP contribution < -0.4 is 5.56 Å². The molecule has 1 aromatic rings. The average molecular weight is 250 g/mol. The van der Waals surface area contributed by atoms with Crippen molar-refractivity contribution in [3.63, 3.8) is 0 Å². The third-order valence-corrected chi connectivity index (χ3v) is 3.76. The molecule has 0 amide bonds. The number of unbranched alkanes of at least 4 members (excludes halogenated alkanes) is 2. The van der Waals surface area contributed by atoms with Gasteiger partial charge in [0, 0.05) is 18.5 Å². The van der Waals surface area contributed by atoms with Crippen LogP contribution in [0.1, 0.15) is 65.0 Å². The summed E-state index contributed by atoms with van der Waals surface area (Å²) in [5.41, 5.74) is 1.06. The standard InChI is InChI=1S/C15H26N2O/c1-5-7-9-15(3,10-8-6-2)13-11-14(18)17(4)12-16-13/h11-12H,5-10H2,1-4H3. The summed E-state index contributed by atoms with van der Waals surface area (Å²) in [6.07, 6.45) is 8.63. The Morgan fingerprint density at radius 2 is 1.78 bits per heavy atom. The largest absolute Gasteiger partial charge is 0.302 e. The number of rotatable bonds is 7. The second-order valence-corrected chi connectivity index (χ2v) is 5.49. The molecule has 3 heteroatoms. The van der Waals surface area contributed by atoms with Gasteiger partial charge in [0.05, 0.1) is 12.0 Å². The van der Waals surface area contributed by atoms with E-state index in [2.05, 4.69) is 25.8 Å². The van der Waals surface area contributed by atoms with E-state index in [1.54, 1.807) is 19.4 Å². The van der Waals surface area contributed by atoms with Crippen molar-refractivity contribution < 1.29 is 0 Å². The number of aryl methyl sites for hydroxylation is 1. The number of nitrogens with zero attached hydrogens (tertiary/aromatic N) is 2. The average Bonchev–Trinajstić information content (AvgIpc) is 2.37. The van der Waals surface area contributed by atoms with Gasteiger partial charge in [-0.1, -0.05) is 46.5 Å². The van der Waals surface area contributed by atoms with E-state index >= 15 is 0 Å². The molecule has 0 aliphatic carbocycles. The van der Waals surface area contributed by atoms with Gasteiger partial charge < -0.3 is 4.57 Å². The van der Waals surface area contributed by atoms with E-state index < -0.39 is 0 Å². The first-order valence-corrected chi connectivity index (χ1v) is 7.06. The van der Waals surface area contributed by atoms with E-state index in [1.807, 2.05) is 0 Å². The fraction of sp³-hybridized carbons (Fsp3) is 0.733. The highest BCUT2D eigenvalue weighted by atomic mass is 16.1. The highest BCUT2D eigenvalue weighted by molar-refractivity contribution is 5.13. The Hall–Kier alpha value is -1.12. The van der Waals surface area contributed by atoms with Crippen molar-refractivity contribution in [3.8, 4) is 0 Å². The topological polar surface area (TPSA) is 34.9 Å². The van der Waals surface area contributed by atoms with Crippen molar-refractivity contribution in [3.05, 3.63) is 28.4 Å². The molecule has 0 aromatic carbocycles. The van der Waals surface area contributed by atoms with E-state index in [-0.39, 0.29) is 11.0 Å². The predicted molar refractivity (Wildman–Crippen MR) is 75.9 cm³/mol. The molecule has 0 bridgehead atoms. The second-order valence-electron chi connectivity index (χ2n) is 5.49. The smallest absolute Gasteiger partial charge is 0.253 e. The Morgan fingerprint density at radius 3 is 2.22 bits per heavy atom. The molecule has 0 aliphatic rings. The summed E-state index contributed by atoms with van der Waals surface area (Å²) in [6, 6.07) is 1.71. The van der Waals surface area contributed by atoms with Gasteiger partial charge in [-0.05, 0) is 12.8 Å². The van der Waals surface area contributed by atoms with E-state index in [0.29, 0.717) is 0 Å². The van der Waals surface area contributed by atoms with Crippen molar-refractivity contribution in [2.45, 2.75) is 64.7 Å². The molecule has 102 valence electrons. The van der Waals surface area contributed by atoms with E-state index in [0.717, 1.165) is 18.5 Å². The predicted octanol–water partition coefficient (Wildman–Crippen LogP) is 3.42. The van der Waals surface area contributed by atoms with Crippen LogP contribution in [0.4, 0.5) is 0 Å². The molecule has 0 saturated carbocycles. The third kappa shape index (κ3) is 3.69. The van der Waals surface area contributed by atoms with Gasteiger partial charge in [-0.25, -0.2) is 4.98 Å². The SMILES string of the molecule is CCCCC(C)(CCCC)c1cc(=O)n(C)cn1. The van der Waals surface area contributed by atoms with Gasteiger partial charge in [0.15, 0.2) is 0 Å². The van der Waals surface area contributed by atoms with Crippen molar-refractivity contribution in [2.75, 3.05) is 0 Å². The summed E-state index contributed by atoms with van der Waals surface area (Å²) >= 11 is 0. The van der Waals surface area contributed by atoms with Gasteiger partial charge in [-0.2, -0.15) is 0 Å². The summed E-state index contributed by atoms with van der Waals surface area (Å²) < 4.78 is 1.53. The summed E-state index contributed by atoms with van der Waals surface area (Å²) in [4.78, 5) is 16.2. The van der Waals surface area contributed by atoms with Crippen molar-refractivity contribution >= 4 is 0 Å². The zero-order valence-electron chi connectivity index (χ0n) is 12.2. The zero-order chi connectivity index (χ0) is 13.6. The van der Waals surface area contributed by atoms with Gasteiger partial charge in [0.2, 0.25) is 0 Å². The van der Waals surface area contributed by atoms with Crippen molar-refractivity contribution in [2.24, 2.45) is 7.05 Å². The summed E-state index contributed by atoms with van der Waals surface area (Å²) in [6.45, 7) is 6.66. The lowest BCUT2D eigenvalue weighted by molar-refractivity contribution is 0.363. The van der Waals surface area contributed by atoms with Gasteiger partial charge in [-0.3, -0.25) is 4.79 Å². The monoisotopic (exact) mass is 250 g/mol. The van der Waals surface area contributed by atoms with Gasteiger partial charge >= 0.3 is 0 Å². The third-order valence-electron chi connectivity index (χ3n) is 3.76. The van der Waals surface area contributed by atoms with Crippen molar-refractivity contribution in [1.82, 2.24) is 9.55 Å². The molecule has 18 heavy (non-hydrogen) atoms. The minimum Gasteiger partial charge on any atom is -0.302 e. The van der Waals surface area contributed by atoms with Crippen LogP contribution in [-0.4, -0.2) is 9.55 Å². The van der Waals surface area contributed by atoms with Crippen molar-refractivity contribution in [1.29, 1.82) is 0 Å². The van der Waals surface area contributed by atoms with Gasteiger partial charge in [-0.15, -0.1) is 0 Å². The zero-order valence-corrected chi connectivity index (χ0v) is 12.2. The summed E-state index contributed by atoms with van der Waals surface area (Å²) in [5, 5.41) is 0. The Bertz CT molecular complexity index is 415. The van der Waals surface area contributed by atoms with Gasteiger partial charge in [0.1, 0.15) is 0 Å². The molecule has 0 atom stereocenters. The fourth-order valence-electron chi connectivity index (χ4n) is 2.31. The van der Waals surface area contributed by atoms with Crippen LogP contribution in [0.2, 0.25) is 0 Å². The molecule has 1 rings (SSSR count). The van der Waals surface area contributed by atoms with E-state index in [4.69, 9.17) is 0 Å². The molecule has 0 radical (unpaired) electrons. The normalized spacial score (nSPS) is 11.8. The highest BCUT2D eigenvalue weighted by Gasteiger charge is 2.27. The molecule has 3 nitrogen and oxygen atoms in total. The van der Waals surface area contributed by atoms with Crippen LogP contribution in [0.3, 0.4) is 0 Å². The molecular weight excluding hydrogens is 224 g/mol. The molecule has 0 spiro atoms. The number of hydrogen-bond acceptors (Lipinski definition) is 2. The lowest BCUT2D eigenvalue weighted by Crippen LogP contribution is -2.28. The summed E-state index contributed by atoms with van der Waals surface area (Å²) in [7, 11) is 1.74. The van der Waals surface area contributed by atoms with Crippen LogP contribution in [0.25, 0.3) is 0 Å². The van der Waals surface area contributed by atoms with E-state index in [1.165, 1.54) is 30.3 Å². The Morgan fingerprint density at radius 1 is 1.22 bits per heavy atom. The molecule has 0 aliphatic heterocycles. The minimum absolute atomic E-state index is 0.0409. The Balaban J connectivity index is 2.99. The first-order chi connectivity index (χ1) is 8.53. The maximum absolute atomic E-state index is 11.8. The molecular formula is C15H26N2O. The molecule has 1 aromatic heterocycles. The lowest BCUT2D eigenvalue weighted by atomic mass is 9.77. The second kappa shape index (κ2) is 6.72. The lowest BCUT2D eigenvalue weighted by Gasteiger charge is -2.29. The first kappa shape index (κ1) is 14.9. The fourth-order valence-corrected chi connectivity index (χ4v) is 2.31. The number of aromatic nitrogens is 2. The molecule has 0 fully saturated rings. The van der Waals surface area contributed by atoms with Crippen LogP contribution >= 0.6 is 0 Å². The molecule has 0 unspecified atom stereocenters. The maximum atomic E-state index is 11.8. The Labute approximate surface area is 110 Å². The Kier molecular flexibility index (Phi) is 5.57.